The molecule has 0 N–H and O–H groups in total. The molecule has 0 atom stereocenters. The minimum atomic E-state index is -4.27. The van der Waals surface area contributed by atoms with Crippen molar-refractivity contribution >= 4 is 0 Å². The van der Waals surface area contributed by atoms with Gasteiger partial charge in [-0.3, -0.25) is 0 Å². The molecule has 31 heavy (non-hydrogen) atoms. The Morgan fingerprint density at radius 1 is 0.903 bits per heavy atom. The number of hydrogen-bond donors (Lipinski definition) is 0. The molecule has 2 saturated carbocycles. The molecule has 2 fully saturated rings. The SMILES string of the molecule is N#C/C(F)=C/C=C/C1CCC(CCC2CCC(c3ccc(C(F)(F)F)cc3)CC2)CC1. The van der Waals surface area contributed by atoms with Crippen LogP contribution in [0, 0.1) is 29.1 Å². The van der Waals surface area contributed by atoms with E-state index in [-0.39, 0.29) is 0 Å². The van der Waals surface area contributed by atoms with Crippen molar-refractivity contribution in [3.8, 4) is 6.07 Å². The molecule has 0 spiro atoms. The van der Waals surface area contributed by atoms with E-state index in [0.717, 1.165) is 43.1 Å². The van der Waals surface area contributed by atoms with Crippen LogP contribution in [-0.2, 0) is 6.18 Å². The summed E-state index contributed by atoms with van der Waals surface area (Å²) in [5, 5.41) is 8.42. The summed E-state index contributed by atoms with van der Waals surface area (Å²) in [5.74, 6) is 1.63. The van der Waals surface area contributed by atoms with Crippen LogP contribution in [0.25, 0.3) is 0 Å². The summed E-state index contributed by atoms with van der Waals surface area (Å²) < 4.78 is 51.0. The third-order valence-corrected chi connectivity index (χ3v) is 7.16. The largest absolute Gasteiger partial charge is 0.416 e. The van der Waals surface area contributed by atoms with Crippen LogP contribution in [0.4, 0.5) is 17.6 Å². The van der Waals surface area contributed by atoms with Gasteiger partial charge < -0.3 is 0 Å². The van der Waals surface area contributed by atoms with Crippen LogP contribution in [-0.4, -0.2) is 0 Å². The van der Waals surface area contributed by atoms with Crippen LogP contribution >= 0.6 is 0 Å². The molecule has 2 aliphatic carbocycles. The van der Waals surface area contributed by atoms with E-state index in [2.05, 4.69) is 0 Å². The Morgan fingerprint density at radius 3 is 1.97 bits per heavy atom. The maximum atomic E-state index is 12.8. The van der Waals surface area contributed by atoms with Crippen LogP contribution in [0.2, 0.25) is 0 Å². The molecular weight excluding hydrogens is 402 g/mol. The number of nitrogens with zero attached hydrogens (tertiary/aromatic N) is 1. The van der Waals surface area contributed by atoms with Crippen molar-refractivity contribution in [2.45, 2.75) is 76.3 Å². The fourth-order valence-corrected chi connectivity index (χ4v) is 5.20. The van der Waals surface area contributed by atoms with Crippen molar-refractivity contribution in [2.24, 2.45) is 17.8 Å². The van der Waals surface area contributed by atoms with Crippen LogP contribution in [0.5, 0.6) is 0 Å². The second kappa shape index (κ2) is 11.0. The van der Waals surface area contributed by atoms with Crippen LogP contribution < -0.4 is 0 Å². The zero-order chi connectivity index (χ0) is 22.3. The molecule has 0 aromatic heterocycles. The van der Waals surface area contributed by atoms with E-state index in [1.807, 2.05) is 6.08 Å². The summed E-state index contributed by atoms with van der Waals surface area (Å²) in [7, 11) is 0. The molecule has 5 heteroatoms. The van der Waals surface area contributed by atoms with Crippen molar-refractivity contribution in [3.05, 3.63) is 59.4 Å². The molecule has 0 bridgehead atoms. The average molecular weight is 434 g/mol. The summed E-state index contributed by atoms with van der Waals surface area (Å²) in [4.78, 5) is 0. The molecule has 1 aromatic carbocycles. The van der Waals surface area contributed by atoms with Gasteiger partial charge in [-0.1, -0.05) is 37.1 Å². The fourth-order valence-electron chi connectivity index (χ4n) is 5.20. The van der Waals surface area contributed by atoms with Gasteiger partial charge in [-0.05, 0) is 98.8 Å². The molecule has 0 amide bonds. The Morgan fingerprint density at radius 2 is 1.45 bits per heavy atom. The number of alkyl halides is 3. The fraction of sp³-hybridized carbons (Fsp3) is 0.577. The molecule has 0 saturated heterocycles. The van der Waals surface area contributed by atoms with E-state index >= 15 is 0 Å². The van der Waals surface area contributed by atoms with Crippen LogP contribution in [0.1, 0.15) is 81.3 Å². The monoisotopic (exact) mass is 433 g/mol. The van der Waals surface area contributed by atoms with E-state index in [0.29, 0.717) is 11.8 Å². The Hall–Kier alpha value is -2.09. The first-order valence-electron chi connectivity index (χ1n) is 11.5. The highest BCUT2D eigenvalue weighted by molar-refractivity contribution is 5.27. The van der Waals surface area contributed by atoms with Gasteiger partial charge in [0, 0.05) is 0 Å². The second-order valence-corrected chi connectivity index (χ2v) is 9.21. The highest BCUT2D eigenvalue weighted by Gasteiger charge is 2.31. The highest BCUT2D eigenvalue weighted by Crippen LogP contribution is 2.40. The molecule has 0 unspecified atom stereocenters. The van der Waals surface area contributed by atoms with E-state index < -0.39 is 17.6 Å². The first kappa shape index (κ1) is 23.6. The van der Waals surface area contributed by atoms with Crippen LogP contribution in [0.3, 0.4) is 0 Å². The first-order chi connectivity index (χ1) is 14.8. The maximum absolute atomic E-state index is 12.8. The third-order valence-electron chi connectivity index (χ3n) is 7.16. The van der Waals surface area contributed by atoms with Crippen molar-refractivity contribution in [3.63, 3.8) is 0 Å². The van der Waals surface area contributed by atoms with E-state index in [1.165, 1.54) is 62.8 Å². The molecule has 0 radical (unpaired) electrons. The predicted octanol–water partition coefficient (Wildman–Crippen LogP) is 8.50. The van der Waals surface area contributed by atoms with Gasteiger partial charge in [0.2, 0.25) is 0 Å². The van der Waals surface area contributed by atoms with Crippen molar-refractivity contribution < 1.29 is 17.6 Å². The third kappa shape index (κ3) is 7.23. The number of nitriles is 1. The van der Waals surface area contributed by atoms with Crippen molar-refractivity contribution in [1.29, 1.82) is 5.26 Å². The Kier molecular flexibility index (Phi) is 8.35. The van der Waals surface area contributed by atoms with Gasteiger partial charge in [-0.2, -0.15) is 22.8 Å². The smallest absolute Gasteiger partial charge is 0.195 e. The van der Waals surface area contributed by atoms with Crippen molar-refractivity contribution in [2.75, 3.05) is 0 Å². The topological polar surface area (TPSA) is 23.8 Å². The van der Waals surface area contributed by atoms with Gasteiger partial charge in [0.1, 0.15) is 6.07 Å². The molecule has 0 heterocycles. The van der Waals surface area contributed by atoms with E-state index in [9.17, 15) is 17.6 Å². The number of halogens is 4. The summed E-state index contributed by atoms with van der Waals surface area (Å²) in [6.07, 6.45) is 12.3. The van der Waals surface area contributed by atoms with E-state index in [4.69, 9.17) is 5.26 Å². The lowest BCUT2D eigenvalue weighted by Crippen LogP contribution is -2.17. The van der Waals surface area contributed by atoms with Gasteiger partial charge in [0.05, 0.1) is 5.56 Å². The zero-order valence-electron chi connectivity index (χ0n) is 17.9. The van der Waals surface area contributed by atoms with Crippen LogP contribution in [0.15, 0.2) is 48.3 Å². The number of allylic oxidation sites excluding steroid dienone is 4. The van der Waals surface area contributed by atoms with Crippen molar-refractivity contribution in [1.82, 2.24) is 0 Å². The normalized spacial score (nSPS) is 27.9. The lowest BCUT2D eigenvalue weighted by atomic mass is 9.74. The Labute approximate surface area is 182 Å². The summed E-state index contributed by atoms with van der Waals surface area (Å²) in [5.41, 5.74) is 0.475. The first-order valence-corrected chi connectivity index (χ1v) is 11.5. The van der Waals surface area contributed by atoms with Gasteiger partial charge >= 0.3 is 6.18 Å². The number of hydrogen-bond acceptors (Lipinski definition) is 1. The van der Waals surface area contributed by atoms with Gasteiger partial charge in [0.25, 0.3) is 0 Å². The lowest BCUT2D eigenvalue weighted by molar-refractivity contribution is -0.137. The summed E-state index contributed by atoms with van der Waals surface area (Å²) in [6, 6.07) is 7.22. The molecule has 2 aliphatic rings. The maximum Gasteiger partial charge on any atom is 0.416 e. The minimum absolute atomic E-state index is 0.390. The predicted molar refractivity (Wildman–Crippen MR) is 115 cm³/mol. The lowest BCUT2D eigenvalue weighted by Gasteiger charge is -2.31. The standard InChI is InChI=1S/C26H31F4N/c27-25(18-31)3-1-2-19-4-6-20(7-5-19)8-9-21-10-12-22(13-11-21)23-14-16-24(17-15-23)26(28,29)30/h1-3,14-17,19-22H,4-13H2/b2-1+,25-3-. The van der Waals surface area contributed by atoms with Gasteiger partial charge in [0.15, 0.2) is 5.83 Å². The zero-order valence-corrected chi connectivity index (χ0v) is 17.9. The van der Waals surface area contributed by atoms with Gasteiger partial charge in [-0.25, -0.2) is 0 Å². The van der Waals surface area contributed by atoms with E-state index in [1.54, 1.807) is 18.2 Å². The summed E-state index contributed by atoms with van der Waals surface area (Å²) in [6.45, 7) is 0. The molecule has 0 aliphatic heterocycles. The highest BCUT2D eigenvalue weighted by atomic mass is 19.4. The molecule has 1 aromatic rings. The van der Waals surface area contributed by atoms with Gasteiger partial charge in [-0.15, -0.1) is 0 Å². The molecule has 168 valence electrons. The molecule has 1 nitrogen and oxygen atoms in total. The quantitative estimate of drug-likeness (QED) is 0.251. The minimum Gasteiger partial charge on any atom is -0.195 e. The average Bonchev–Trinajstić information content (AvgIpc) is 2.78. The number of benzene rings is 1. The summed E-state index contributed by atoms with van der Waals surface area (Å²) >= 11 is 0. The Balaban J connectivity index is 1.35. The second-order valence-electron chi connectivity index (χ2n) is 9.21. The Bertz CT molecular complexity index is 784. The molecule has 3 rings (SSSR count). The molecular formula is C26H31F4N. The number of rotatable bonds is 6.